The van der Waals surface area contributed by atoms with E-state index in [1.807, 2.05) is 26.1 Å². The van der Waals surface area contributed by atoms with Crippen molar-refractivity contribution in [3.8, 4) is 11.6 Å². The van der Waals surface area contributed by atoms with Crippen LogP contribution >= 0.6 is 0 Å². The number of aryl methyl sites for hydroxylation is 2. The van der Waals surface area contributed by atoms with Crippen LogP contribution in [0.1, 0.15) is 17.7 Å². The Labute approximate surface area is 135 Å². The first kappa shape index (κ1) is 15.7. The molecule has 2 atom stereocenters. The highest BCUT2D eigenvalue weighted by atomic mass is 16.5. The Bertz CT molecular complexity index is 681. The molecule has 2 aromatic heterocycles. The molecule has 0 saturated heterocycles. The zero-order valence-corrected chi connectivity index (χ0v) is 13.4. The second-order valence-electron chi connectivity index (χ2n) is 5.83. The van der Waals surface area contributed by atoms with E-state index in [0.29, 0.717) is 12.3 Å². The van der Waals surface area contributed by atoms with Gasteiger partial charge < -0.3 is 15.2 Å². The average Bonchev–Trinajstić information content (AvgIpc) is 3.12. The Morgan fingerprint density at radius 1 is 1.43 bits per heavy atom. The average molecular weight is 314 g/mol. The monoisotopic (exact) mass is 314 g/mol. The Morgan fingerprint density at radius 3 is 3.00 bits per heavy atom. The zero-order valence-electron chi connectivity index (χ0n) is 13.4. The van der Waals surface area contributed by atoms with Crippen LogP contribution in [0.25, 0.3) is 0 Å². The molecule has 6 nitrogen and oxygen atoms in total. The number of rotatable bonds is 6. The summed E-state index contributed by atoms with van der Waals surface area (Å²) in [4.78, 5) is 4.07. The third-order valence-electron chi connectivity index (χ3n) is 4.09. The quantitative estimate of drug-likeness (QED) is 0.797. The smallest absolute Gasteiger partial charge is 0.222 e. The predicted molar refractivity (Wildman–Crippen MR) is 87.2 cm³/mol. The van der Waals surface area contributed by atoms with Gasteiger partial charge in [0.2, 0.25) is 5.88 Å². The van der Waals surface area contributed by atoms with E-state index < -0.39 is 0 Å². The van der Waals surface area contributed by atoms with Crippen molar-refractivity contribution < 1.29 is 9.84 Å². The van der Waals surface area contributed by atoms with E-state index in [-0.39, 0.29) is 18.6 Å². The number of pyridine rings is 1. The van der Waals surface area contributed by atoms with Crippen molar-refractivity contribution in [2.75, 3.05) is 6.61 Å². The fourth-order valence-electron chi connectivity index (χ4n) is 2.83. The SMILES string of the molecule is Cc1nn(C)c(Oc2cccnc2)c1CN[C@@H]1C=C[C@H](CO)C1. The van der Waals surface area contributed by atoms with Crippen LogP contribution < -0.4 is 10.1 Å². The van der Waals surface area contributed by atoms with Crippen molar-refractivity contribution in [1.82, 2.24) is 20.1 Å². The van der Waals surface area contributed by atoms with Crippen LogP contribution in [-0.2, 0) is 13.6 Å². The van der Waals surface area contributed by atoms with Gasteiger partial charge in [-0.15, -0.1) is 0 Å². The lowest BCUT2D eigenvalue weighted by molar-refractivity contribution is 0.246. The number of hydrogen-bond donors (Lipinski definition) is 2. The Balaban J connectivity index is 1.71. The van der Waals surface area contributed by atoms with Gasteiger partial charge in [0, 0.05) is 38.4 Å². The van der Waals surface area contributed by atoms with Gasteiger partial charge >= 0.3 is 0 Å². The molecule has 0 aliphatic heterocycles. The maximum atomic E-state index is 9.21. The van der Waals surface area contributed by atoms with Crippen molar-refractivity contribution in [2.24, 2.45) is 13.0 Å². The number of aromatic nitrogens is 3. The van der Waals surface area contributed by atoms with E-state index in [9.17, 15) is 5.11 Å². The predicted octanol–water partition coefficient (Wildman–Crippen LogP) is 1.94. The number of hydrogen-bond acceptors (Lipinski definition) is 5. The van der Waals surface area contributed by atoms with Crippen LogP contribution in [0.4, 0.5) is 0 Å². The molecule has 0 radical (unpaired) electrons. The van der Waals surface area contributed by atoms with Crippen LogP contribution in [0.3, 0.4) is 0 Å². The van der Waals surface area contributed by atoms with Crippen molar-refractivity contribution >= 4 is 0 Å². The zero-order chi connectivity index (χ0) is 16.2. The third-order valence-corrected chi connectivity index (χ3v) is 4.09. The fraction of sp³-hybridized carbons (Fsp3) is 0.412. The summed E-state index contributed by atoms with van der Waals surface area (Å²) in [5.74, 6) is 1.68. The van der Waals surface area contributed by atoms with Crippen LogP contribution in [0, 0.1) is 12.8 Å². The van der Waals surface area contributed by atoms with E-state index >= 15 is 0 Å². The molecule has 0 amide bonds. The van der Waals surface area contributed by atoms with Crippen molar-refractivity contribution in [1.29, 1.82) is 0 Å². The molecule has 2 heterocycles. The summed E-state index contributed by atoms with van der Waals surface area (Å²) >= 11 is 0. The first-order valence-electron chi connectivity index (χ1n) is 7.80. The van der Waals surface area contributed by atoms with Gasteiger partial charge in [-0.2, -0.15) is 5.10 Å². The van der Waals surface area contributed by atoms with Gasteiger partial charge in [-0.1, -0.05) is 12.2 Å². The molecule has 0 aromatic carbocycles. The topological polar surface area (TPSA) is 72.2 Å². The van der Waals surface area contributed by atoms with E-state index in [1.54, 1.807) is 17.1 Å². The molecule has 23 heavy (non-hydrogen) atoms. The highest BCUT2D eigenvalue weighted by molar-refractivity contribution is 5.35. The number of ether oxygens (including phenoxy) is 1. The summed E-state index contributed by atoms with van der Waals surface area (Å²) in [6.07, 6.45) is 8.52. The van der Waals surface area contributed by atoms with Gasteiger partial charge in [0.05, 0.1) is 17.5 Å². The minimum atomic E-state index is 0.204. The number of nitrogens with one attached hydrogen (secondary N) is 1. The van der Waals surface area contributed by atoms with E-state index in [2.05, 4.69) is 27.6 Å². The molecule has 2 N–H and O–H groups in total. The summed E-state index contributed by atoms with van der Waals surface area (Å²) < 4.78 is 7.71. The highest BCUT2D eigenvalue weighted by Crippen LogP contribution is 2.27. The lowest BCUT2D eigenvalue weighted by Crippen LogP contribution is -2.26. The maximum absolute atomic E-state index is 9.21. The molecule has 0 saturated carbocycles. The maximum Gasteiger partial charge on any atom is 0.222 e. The minimum absolute atomic E-state index is 0.204. The molecule has 122 valence electrons. The molecule has 0 spiro atoms. The van der Waals surface area contributed by atoms with Gasteiger partial charge in [-0.3, -0.25) is 4.98 Å². The molecule has 3 rings (SSSR count). The van der Waals surface area contributed by atoms with Crippen molar-refractivity contribution in [3.05, 3.63) is 47.9 Å². The first-order chi connectivity index (χ1) is 11.2. The molecular weight excluding hydrogens is 292 g/mol. The molecule has 0 bridgehead atoms. The number of nitrogens with zero attached hydrogens (tertiary/aromatic N) is 3. The lowest BCUT2D eigenvalue weighted by atomic mass is 10.1. The van der Waals surface area contributed by atoms with Gasteiger partial charge in [0.25, 0.3) is 0 Å². The van der Waals surface area contributed by atoms with Crippen LogP contribution in [0.5, 0.6) is 11.6 Å². The van der Waals surface area contributed by atoms with Gasteiger partial charge in [0.15, 0.2) is 0 Å². The van der Waals surface area contributed by atoms with Crippen molar-refractivity contribution in [3.63, 3.8) is 0 Å². The van der Waals surface area contributed by atoms with Crippen LogP contribution in [0.15, 0.2) is 36.7 Å². The van der Waals surface area contributed by atoms with Gasteiger partial charge in [-0.05, 0) is 25.5 Å². The molecule has 6 heteroatoms. The fourth-order valence-corrected chi connectivity index (χ4v) is 2.83. The van der Waals surface area contributed by atoms with Crippen LogP contribution in [0.2, 0.25) is 0 Å². The molecular formula is C17H22N4O2. The first-order valence-corrected chi connectivity index (χ1v) is 7.80. The highest BCUT2D eigenvalue weighted by Gasteiger charge is 2.20. The minimum Gasteiger partial charge on any atom is -0.437 e. The molecule has 2 aromatic rings. The second-order valence-corrected chi connectivity index (χ2v) is 5.83. The molecule has 1 aliphatic rings. The summed E-state index contributed by atoms with van der Waals surface area (Å²) in [5, 5.41) is 17.2. The summed E-state index contributed by atoms with van der Waals surface area (Å²) in [6.45, 7) is 2.85. The molecule has 1 aliphatic carbocycles. The van der Waals surface area contributed by atoms with E-state index in [4.69, 9.17) is 4.74 Å². The van der Waals surface area contributed by atoms with Gasteiger partial charge in [0.1, 0.15) is 5.75 Å². The van der Waals surface area contributed by atoms with Gasteiger partial charge in [-0.25, -0.2) is 4.68 Å². The summed E-state index contributed by atoms with van der Waals surface area (Å²) in [6, 6.07) is 3.99. The Kier molecular flexibility index (Phi) is 4.73. The lowest BCUT2D eigenvalue weighted by Gasteiger charge is -2.14. The van der Waals surface area contributed by atoms with E-state index in [0.717, 1.165) is 23.6 Å². The summed E-state index contributed by atoms with van der Waals surface area (Å²) in [5.41, 5.74) is 1.98. The Morgan fingerprint density at radius 2 is 2.30 bits per heavy atom. The largest absolute Gasteiger partial charge is 0.437 e. The molecule has 0 unspecified atom stereocenters. The third kappa shape index (κ3) is 3.60. The normalized spacial score (nSPS) is 20.1. The van der Waals surface area contributed by atoms with Crippen molar-refractivity contribution in [2.45, 2.75) is 25.9 Å². The number of aliphatic hydroxyl groups excluding tert-OH is 1. The standard InChI is InChI=1S/C17H22N4O2/c1-12-16(10-19-14-6-5-13(8-14)11-22)17(21(2)20-12)23-15-4-3-7-18-9-15/h3-7,9,13-14,19,22H,8,10-11H2,1-2H3/t13-,14+/m0/s1. The summed E-state index contributed by atoms with van der Waals surface area (Å²) in [7, 11) is 1.87. The molecule has 0 fully saturated rings. The number of aliphatic hydroxyl groups is 1. The van der Waals surface area contributed by atoms with Crippen LogP contribution in [-0.4, -0.2) is 32.5 Å². The van der Waals surface area contributed by atoms with E-state index in [1.165, 1.54) is 0 Å². The Hall–Kier alpha value is -2.18. The second kappa shape index (κ2) is 6.93.